The van der Waals surface area contributed by atoms with E-state index in [9.17, 15) is 4.79 Å². The maximum Gasteiger partial charge on any atom is 0.253 e. The van der Waals surface area contributed by atoms with Gasteiger partial charge in [-0.2, -0.15) is 4.98 Å². The Hall–Kier alpha value is -2.77. The zero-order valence-corrected chi connectivity index (χ0v) is 14.1. The van der Waals surface area contributed by atoms with Crippen LogP contribution in [0.25, 0.3) is 11.2 Å². The van der Waals surface area contributed by atoms with E-state index >= 15 is 0 Å². The second-order valence-corrected chi connectivity index (χ2v) is 6.49. The lowest BCUT2D eigenvalue weighted by Gasteiger charge is -2.17. The molecule has 1 aliphatic rings. The number of aromatic nitrogens is 5. The zero-order chi connectivity index (χ0) is 17.2. The summed E-state index contributed by atoms with van der Waals surface area (Å²) in [5, 5.41) is 6.86. The summed E-state index contributed by atoms with van der Waals surface area (Å²) in [6.07, 6.45) is 9.15. The van der Waals surface area contributed by atoms with Crippen molar-refractivity contribution in [2.75, 3.05) is 0 Å². The third-order valence-corrected chi connectivity index (χ3v) is 4.67. The number of imidazole rings is 1. The van der Waals surface area contributed by atoms with Gasteiger partial charge in [0.05, 0.1) is 18.4 Å². The minimum Gasteiger partial charge on any atom is -0.343 e. The molecule has 0 atom stereocenters. The van der Waals surface area contributed by atoms with Crippen molar-refractivity contribution in [1.29, 1.82) is 0 Å². The number of aryl methyl sites for hydroxylation is 1. The topological polar surface area (TPSA) is 98.7 Å². The lowest BCUT2D eigenvalue weighted by Crippen LogP contribution is -2.23. The number of hydrogen-bond acceptors (Lipinski definition) is 6. The average molecular weight is 340 g/mol. The standard InChI is InChI=1S/C17H20N6O2/c1-23-10-20-13-7-12(8-18-16(13)23)17(24)19-9-14-21-15(22-25-14)11-5-3-2-4-6-11/h7-8,10-11H,2-6,9H2,1H3,(H,19,24). The fourth-order valence-corrected chi connectivity index (χ4v) is 3.26. The molecule has 1 fully saturated rings. The SMILES string of the molecule is Cn1cnc2cc(C(=O)NCc3nc(C4CCCCC4)no3)cnc21. The van der Waals surface area contributed by atoms with Gasteiger partial charge in [0.25, 0.3) is 5.91 Å². The second kappa shape index (κ2) is 6.62. The molecule has 130 valence electrons. The van der Waals surface area contributed by atoms with E-state index in [1.165, 1.54) is 19.3 Å². The largest absolute Gasteiger partial charge is 0.343 e. The number of amides is 1. The van der Waals surface area contributed by atoms with E-state index in [1.807, 2.05) is 11.6 Å². The van der Waals surface area contributed by atoms with Gasteiger partial charge in [0.15, 0.2) is 11.5 Å². The first-order valence-electron chi connectivity index (χ1n) is 8.58. The first-order valence-corrected chi connectivity index (χ1v) is 8.58. The summed E-state index contributed by atoms with van der Waals surface area (Å²) in [6, 6.07) is 1.72. The molecule has 3 heterocycles. The van der Waals surface area contributed by atoms with Gasteiger partial charge >= 0.3 is 0 Å². The molecule has 8 nitrogen and oxygen atoms in total. The molecule has 0 spiro atoms. The van der Waals surface area contributed by atoms with Crippen molar-refractivity contribution in [1.82, 2.24) is 30.0 Å². The maximum absolute atomic E-state index is 12.3. The Morgan fingerprint density at radius 2 is 2.16 bits per heavy atom. The summed E-state index contributed by atoms with van der Waals surface area (Å²) in [7, 11) is 1.86. The monoisotopic (exact) mass is 340 g/mol. The summed E-state index contributed by atoms with van der Waals surface area (Å²) in [6.45, 7) is 0.207. The van der Waals surface area contributed by atoms with Crippen LogP contribution in [0, 0.1) is 0 Å². The number of fused-ring (bicyclic) bond motifs is 1. The first kappa shape index (κ1) is 15.7. The van der Waals surface area contributed by atoms with E-state index in [0.717, 1.165) is 24.3 Å². The number of rotatable bonds is 4. The molecule has 1 aliphatic carbocycles. The van der Waals surface area contributed by atoms with Crippen molar-refractivity contribution >= 4 is 17.1 Å². The number of nitrogens with one attached hydrogen (secondary N) is 1. The number of nitrogens with zero attached hydrogens (tertiary/aromatic N) is 5. The van der Waals surface area contributed by atoms with Gasteiger partial charge in [-0.15, -0.1) is 0 Å². The summed E-state index contributed by atoms with van der Waals surface area (Å²) in [5.74, 6) is 1.34. The highest BCUT2D eigenvalue weighted by molar-refractivity contribution is 5.96. The van der Waals surface area contributed by atoms with E-state index < -0.39 is 0 Å². The van der Waals surface area contributed by atoms with Crippen LogP contribution in [0.5, 0.6) is 0 Å². The summed E-state index contributed by atoms with van der Waals surface area (Å²) in [5.41, 5.74) is 1.89. The highest BCUT2D eigenvalue weighted by Gasteiger charge is 2.21. The fraction of sp³-hybridized carbons (Fsp3) is 0.471. The molecule has 4 rings (SSSR count). The summed E-state index contributed by atoms with van der Waals surface area (Å²) in [4.78, 5) is 25.2. The lowest BCUT2D eigenvalue weighted by atomic mass is 9.89. The van der Waals surface area contributed by atoms with Crippen molar-refractivity contribution in [3.63, 3.8) is 0 Å². The van der Waals surface area contributed by atoms with Gasteiger partial charge in [0.2, 0.25) is 5.89 Å². The van der Waals surface area contributed by atoms with Crippen molar-refractivity contribution in [3.8, 4) is 0 Å². The van der Waals surface area contributed by atoms with Crippen molar-refractivity contribution in [2.24, 2.45) is 7.05 Å². The van der Waals surface area contributed by atoms with Crippen LogP contribution in [0.3, 0.4) is 0 Å². The van der Waals surface area contributed by atoms with Crippen LogP contribution in [0.1, 0.15) is 60.1 Å². The minimum atomic E-state index is -0.238. The molecule has 8 heteroatoms. The Balaban J connectivity index is 1.40. The predicted octanol–water partition coefficient (Wildman–Crippen LogP) is 2.33. The van der Waals surface area contributed by atoms with E-state index in [-0.39, 0.29) is 12.5 Å². The molecule has 0 bridgehead atoms. The van der Waals surface area contributed by atoms with Crippen LogP contribution < -0.4 is 5.32 Å². The first-order chi connectivity index (χ1) is 12.2. The fourth-order valence-electron chi connectivity index (χ4n) is 3.26. The van der Waals surface area contributed by atoms with Crippen LogP contribution >= 0.6 is 0 Å². The molecule has 0 aromatic carbocycles. The predicted molar refractivity (Wildman–Crippen MR) is 89.8 cm³/mol. The molecule has 0 saturated heterocycles. The third kappa shape index (κ3) is 3.24. The highest BCUT2D eigenvalue weighted by atomic mass is 16.5. The Bertz CT molecular complexity index is 894. The molecular formula is C17H20N6O2. The maximum atomic E-state index is 12.3. The normalized spacial score (nSPS) is 15.6. The molecule has 1 amide bonds. The van der Waals surface area contributed by atoms with Gasteiger partial charge in [0, 0.05) is 19.2 Å². The molecule has 0 unspecified atom stereocenters. The van der Waals surface area contributed by atoms with Crippen LogP contribution in [0.15, 0.2) is 23.1 Å². The van der Waals surface area contributed by atoms with Gasteiger partial charge in [-0.05, 0) is 18.9 Å². The molecule has 0 aliphatic heterocycles. The van der Waals surface area contributed by atoms with Crippen LogP contribution in [-0.4, -0.2) is 30.6 Å². The van der Waals surface area contributed by atoms with E-state index in [0.29, 0.717) is 22.9 Å². The van der Waals surface area contributed by atoms with Crippen LogP contribution in [0.2, 0.25) is 0 Å². The van der Waals surface area contributed by atoms with Crippen molar-refractivity contribution in [2.45, 2.75) is 44.6 Å². The zero-order valence-electron chi connectivity index (χ0n) is 14.1. The van der Waals surface area contributed by atoms with Crippen molar-refractivity contribution in [3.05, 3.63) is 35.9 Å². The van der Waals surface area contributed by atoms with Gasteiger partial charge < -0.3 is 14.4 Å². The Kier molecular flexibility index (Phi) is 4.17. The molecule has 1 saturated carbocycles. The van der Waals surface area contributed by atoms with Gasteiger partial charge in [0.1, 0.15) is 5.52 Å². The average Bonchev–Trinajstić information content (AvgIpc) is 3.27. The summed E-state index contributed by atoms with van der Waals surface area (Å²) < 4.78 is 7.08. The second-order valence-electron chi connectivity index (χ2n) is 6.49. The molecular weight excluding hydrogens is 320 g/mol. The molecule has 1 N–H and O–H groups in total. The van der Waals surface area contributed by atoms with E-state index in [4.69, 9.17) is 4.52 Å². The number of carbonyl (C=O) groups excluding carboxylic acids is 1. The highest BCUT2D eigenvalue weighted by Crippen LogP contribution is 2.30. The smallest absolute Gasteiger partial charge is 0.253 e. The van der Waals surface area contributed by atoms with Gasteiger partial charge in [-0.25, -0.2) is 9.97 Å². The van der Waals surface area contributed by atoms with Crippen LogP contribution in [-0.2, 0) is 13.6 Å². The summed E-state index contributed by atoms with van der Waals surface area (Å²) >= 11 is 0. The quantitative estimate of drug-likeness (QED) is 0.782. The van der Waals surface area contributed by atoms with E-state index in [2.05, 4.69) is 25.4 Å². The molecule has 3 aromatic heterocycles. The Morgan fingerprint density at radius 3 is 3.00 bits per heavy atom. The van der Waals surface area contributed by atoms with E-state index in [1.54, 1.807) is 18.6 Å². The number of hydrogen-bond donors (Lipinski definition) is 1. The molecule has 0 radical (unpaired) electrons. The Morgan fingerprint density at radius 1 is 1.32 bits per heavy atom. The molecule has 25 heavy (non-hydrogen) atoms. The van der Waals surface area contributed by atoms with Gasteiger partial charge in [-0.3, -0.25) is 4.79 Å². The molecule has 3 aromatic rings. The number of carbonyl (C=O) groups is 1. The van der Waals surface area contributed by atoms with Crippen LogP contribution in [0.4, 0.5) is 0 Å². The number of pyridine rings is 1. The van der Waals surface area contributed by atoms with Crippen molar-refractivity contribution < 1.29 is 9.32 Å². The lowest BCUT2D eigenvalue weighted by molar-refractivity contribution is 0.0946. The third-order valence-electron chi connectivity index (χ3n) is 4.67. The minimum absolute atomic E-state index is 0.207. The van der Waals surface area contributed by atoms with Gasteiger partial charge in [-0.1, -0.05) is 24.4 Å². The Labute approximate surface area is 144 Å².